The van der Waals surface area contributed by atoms with E-state index < -0.39 is 0 Å². The van der Waals surface area contributed by atoms with Crippen LogP contribution in [0.2, 0.25) is 0 Å². The lowest BCUT2D eigenvalue weighted by atomic mass is 9.84. The first-order valence-electron chi connectivity index (χ1n) is 7.07. The van der Waals surface area contributed by atoms with Gasteiger partial charge in [0.1, 0.15) is 0 Å². The summed E-state index contributed by atoms with van der Waals surface area (Å²) >= 11 is 0.962. The van der Waals surface area contributed by atoms with E-state index in [1.54, 1.807) is 6.08 Å². The maximum Gasteiger partial charge on any atom is 0.290 e. The van der Waals surface area contributed by atoms with Crippen LogP contribution in [0.5, 0.6) is 0 Å². The molecule has 0 radical (unpaired) electrons. The summed E-state index contributed by atoms with van der Waals surface area (Å²) in [6.07, 6.45) is 8.36. The smallest absolute Gasteiger partial charge is 0.282 e. The highest BCUT2D eigenvalue weighted by Gasteiger charge is 2.24. The number of thioether (sulfide) groups is 1. The summed E-state index contributed by atoms with van der Waals surface area (Å²) in [5.41, 5.74) is 2.36. The predicted molar refractivity (Wildman–Crippen MR) is 81.4 cm³/mol. The van der Waals surface area contributed by atoms with Crippen molar-refractivity contribution in [1.29, 1.82) is 0 Å². The van der Waals surface area contributed by atoms with Crippen molar-refractivity contribution in [3.8, 4) is 0 Å². The number of imide groups is 1. The number of carbonyl (C=O) groups is 2. The minimum absolute atomic E-state index is 0.292. The van der Waals surface area contributed by atoms with Crippen molar-refractivity contribution in [3.05, 3.63) is 40.3 Å². The fourth-order valence-electron chi connectivity index (χ4n) is 2.87. The highest BCUT2D eigenvalue weighted by molar-refractivity contribution is 8.18. The molecule has 3 rings (SSSR count). The van der Waals surface area contributed by atoms with Crippen LogP contribution in [0.1, 0.15) is 49.1 Å². The minimum atomic E-state index is -0.295. The number of hydrogen-bond acceptors (Lipinski definition) is 3. The van der Waals surface area contributed by atoms with Crippen molar-refractivity contribution in [2.45, 2.75) is 38.0 Å². The Morgan fingerprint density at radius 1 is 1.05 bits per heavy atom. The first-order chi connectivity index (χ1) is 9.72. The van der Waals surface area contributed by atoms with Gasteiger partial charge in [0.25, 0.3) is 11.1 Å². The van der Waals surface area contributed by atoms with Gasteiger partial charge in [-0.25, -0.2) is 0 Å². The van der Waals surface area contributed by atoms with Gasteiger partial charge in [-0.1, -0.05) is 43.5 Å². The minimum Gasteiger partial charge on any atom is -0.282 e. The normalized spacial score (nSPS) is 22.3. The van der Waals surface area contributed by atoms with Gasteiger partial charge in [-0.2, -0.15) is 0 Å². The SMILES string of the molecule is O=C1NC(=O)C(=Cc2ccc(C3CCCCC3)cc2)S1. The largest absolute Gasteiger partial charge is 0.290 e. The number of carbonyl (C=O) groups excluding carboxylic acids is 2. The zero-order valence-electron chi connectivity index (χ0n) is 11.2. The van der Waals surface area contributed by atoms with Gasteiger partial charge in [0, 0.05) is 0 Å². The van der Waals surface area contributed by atoms with Crippen LogP contribution in [0.15, 0.2) is 29.2 Å². The molecule has 3 nitrogen and oxygen atoms in total. The summed E-state index contributed by atoms with van der Waals surface area (Å²) in [6, 6.07) is 8.38. The lowest BCUT2D eigenvalue weighted by Gasteiger charge is -2.21. The molecule has 2 aliphatic rings. The second-order valence-electron chi connectivity index (χ2n) is 5.35. The molecule has 20 heavy (non-hydrogen) atoms. The monoisotopic (exact) mass is 287 g/mol. The van der Waals surface area contributed by atoms with Crippen molar-refractivity contribution >= 4 is 29.0 Å². The lowest BCUT2D eigenvalue weighted by Crippen LogP contribution is -2.17. The fraction of sp³-hybridized carbons (Fsp3) is 0.375. The molecule has 1 aromatic carbocycles. The molecule has 0 bridgehead atoms. The Kier molecular flexibility index (Phi) is 3.92. The van der Waals surface area contributed by atoms with E-state index >= 15 is 0 Å². The Labute approximate surface area is 122 Å². The molecule has 0 spiro atoms. The number of amides is 2. The molecular formula is C16H17NO2S. The van der Waals surface area contributed by atoms with Crippen LogP contribution in [0.25, 0.3) is 6.08 Å². The van der Waals surface area contributed by atoms with Gasteiger partial charge in [-0.05, 0) is 47.7 Å². The zero-order valence-corrected chi connectivity index (χ0v) is 12.0. The average Bonchev–Trinajstić information content (AvgIpc) is 2.79. The molecule has 2 amide bonds. The molecule has 1 aliphatic carbocycles. The molecule has 1 saturated carbocycles. The predicted octanol–water partition coefficient (Wildman–Crippen LogP) is 4.06. The maximum absolute atomic E-state index is 11.5. The molecule has 1 heterocycles. The molecule has 0 aromatic heterocycles. The molecule has 0 unspecified atom stereocenters. The molecule has 0 atom stereocenters. The summed E-state index contributed by atoms with van der Waals surface area (Å²) in [5, 5.41) is 1.98. The second-order valence-corrected chi connectivity index (χ2v) is 6.37. The third kappa shape index (κ3) is 2.96. The average molecular weight is 287 g/mol. The topological polar surface area (TPSA) is 46.2 Å². The van der Waals surface area contributed by atoms with Crippen molar-refractivity contribution in [2.24, 2.45) is 0 Å². The van der Waals surface area contributed by atoms with E-state index in [9.17, 15) is 9.59 Å². The standard InChI is InChI=1S/C16H17NO2S/c18-15-14(20-16(19)17-15)10-11-6-8-13(9-7-11)12-4-2-1-3-5-12/h6-10,12H,1-5H2,(H,17,18,19). The van der Waals surface area contributed by atoms with Gasteiger partial charge >= 0.3 is 0 Å². The highest BCUT2D eigenvalue weighted by atomic mass is 32.2. The highest BCUT2D eigenvalue weighted by Crippen LogP contribution is 2.33. The molecule has 1 aliphatic heterocycles. The number of rotatable bonds is 2. The molecule has 4 heteroatoms. The number of benzene rings is 1. The summed E-state index contributed by atoms with van der Waals surface area (Å²) in [4.78, 5) is 23.1. The van der Waals surface area contributed by atoms with Crippen molar-refractivity contribution in [1.82, 2.24) is 5.32 Å². The Hall–Kier alpha value is -1.55. The van der Waals surface area contributed by atoms with E-state index in [2.05, 4.69) is 17.4 Å². The summed E-state index contributed by atoms with van der Waals surface area (Å²) < 4.78 is 0. The number of nitrogens with one attached hydrogen (secondary N) is 1. The lowest BCUT2D eigenvalue weighted by molar-refractivity contribution is -0.115. The fourth-order valence-corrected chi connectivity index (χ4v) is 3.55. The van der Waals surface area contributed by atoms with Crippen molar-refractivity contribution in [2.75, 3.05) is 0 Å². The van der Waals surface area contributed by atoms with Gasteiger partial charge in [-0.3, -0.25) is 14.9 Å². The van der Waals surface area contributed by atoms with E-state index in [0.717, 1.165) is 17.3 Å². The zero-order chi connectivity index (χ0) is 13.9. The molecule has 1 aromatic rings. The molecule has 104 valence electrons. The summed E-state index contributed by atoms with van der Waals surface area (Å²) in [7, 11) is 0. The van der Waals surface area contributed by atoms with E-state index in [-0.39, 0.29) is 11.1 Å². The van der Waals surface area contributed by atoms with Gasteiger partial charge in [0.05, 0.1) is 4.91 Å². The summed E-state index contributed by atoms with van der Waals surface area (Å²) in [5.74, 6) is 0.396. The third-order valence-electron chi connectivity index (χ3n) is 3.95. The third-order valence-corrected chi connectivity index (χ3v) is 4.76. The van der Waals surface area contributed by atoms with Gasteiger partial charge in [-0.15, -0.1) is 0 Å². The van der Waals surface area contributed by atoms with E-state index in [4.69, 9.17) is 0 Å². The molecular weight excluding hydrogens is 270 g/mol. The van der Waals surface area contributed by atoms with E-state index in [1.165, 1.54) is 37.7 Å². The van der Waals surface area contributed by atoms with Gasteiger partial charge < -0.3 is 0 Å². The van der Waals surface area contributed by atoms with Crippen LogP contribution in [-0.2, 0) is 4.79 Å². The van der Waals surface area contributed by atoms with E-state index in [0.29, 0.717) is 10.8 Å². The molecule has 1 saturated heterocycles. The maximum atomic E-state index is 11.5. The van der Waals surface area contributed by atoms with Crippen LogP contribution in [0.4, 0.5) is 4.79 Å². The summed E-state index contributed by atoms with van der Waals surface area (Å²) in [6.45, 7) is 0. The number of hydrogen-bond donors (Lipinski definition) is 1. The van der Waals surface area contributed by atoms with Crippen LogP contribution < -0.4 is 5.32 Å². The van der Waals surface area contributed by atoms with Crippen LogP contribution >= 0.6 is 11.8 Å². The Morgan fingerprint density at radius 3 is 2.35 bits per heavy atom. The Bertz CT molecular complexity index is 556. The van der Waals surface area contributed by atoms with E-state index in [1.807, 2.05) is 12.1 Å². The van der Waals surface area contributed by atoms with Gasteiger partial charge in [0.2, 0.25) is 0 Å². The van der Waals surface area contributed by atoms with Crippen molar-refractivity contribution in [3.63, 3.8) is 0 Å². The van der Waals surface area contributed by atoms with Crippen LogP contribution in [0.3, 0.4) is 0 Å². The molecule has 1 N–H and O–H groups in total. The quantitative estimate of drug-likeness (QED) is 0.834. The Balaban J connectivity index is 1.74. The van der Waals surface area contributed by atoms with Crippen LogP contribution in [0, 0.1) is 0 Å². The van der Waals surface area contributed by atoms with Crippen LogP contribution in [-0.4, -0.2) is 11.1 Å². The first-order valence-corrected chi connectivity index (χ1v) is 7.89. The molecule has 2 fully saturated rings. The van der Waals surface area contributed by atoms with Crippen molar-refractivity contribution < 1.29 is 9.59 Å². The van der Waals surface area contributed by atoms with Gasteiger partial charge in [0.15, 0.2) is 0 Å². The first kappa shape index (κ1) is 13.4. The Morgan fingerprint density at radius 2 is 1.75 bits per heavy atom. The second kappa shape index (κ2) is 5.83.